The largest absolute Gasteiger partial charge is 0.392 e. The zero-order chi connectivity index (χ0) is 11.9. The summed E-state index contributed by atoms with van der Waals surface area (Å²) in [6.45, 7) is 0. The first-order valence-electron chi connectivity index (χ1n) is 4.79. The highest BCUT2D eigenvalue weighted by Crippen LogP contribution is 2.39. The van der Waals surface area contributed by atoms with Crippen LogP contribution in [0.25, 0.3) is 0 Å². The maximum Gasteiger partial charge on any atom is 0.392 e. The highest BCUT2D eigenvalue weighted by molar-refractivity contribution is 7.06. The fraction of sp³-hybridized carbons (Fsp3) is 0.667. The highest BCUT2D eigenvalue weighted by atomic mass is 32.1. The molecule has 1 aromatic rings. The summed E-state index contributed by atoms with van der Waals surface area (Å²) >= 11 is 0.869. The number of rotatable bonds is 1. The first kappa shape index (κ1) is 11.8. The summed E-state index contributed by atoms with van der Waals surface area (Å²) in [5.41, 5.74) is 0.946. The fourth-order valence-corrected chi connectivity index (χ4v) is 2.73. The van der Waals surface area contributed by atoms with Crippen LogP contribution in [-0.4, -0.2) is 20.8 Å². The monoisotopic (exact) mass is 253 g/mol. The Morgan fingerprint density at radius 1 is 1.38 bits per heavy atom. The lowest BCUT2D eigenvalue weighted by molar-refractivity contribution is -0.177. The summed E-state index contributed by atoms with van der Waals surface area (Å²) in [4.78, 5) is 0.143. The maximum atomic E-state index is 12.5. The molecule has 1 aromatic heterocycles. The summed E-state index contributed by atoms with van der Waals surface area (Å²) < 4.78 is 41.5. The van der Waals surface area contributed by atoms with Crippen LogP contribution in [0, 0.1) is 5.92 Å². The zero-order valence-electron chi connectivity index (χ0n) is 8.16. The minimum absolute atomic E-state index is 0.0290. The Kier molecular flexibility index (Phi) is 2.93. The number of aryl methyl sites for hydroxylation is 1. The quantitative estimate of drug-likeness (QED) is 0.750. The molecule has 0 bridgehead atoms. The second-order valence-corrected chi connectivity index (χ2v) is 4.63. The molecule has 7 heteroatoms. The van der Waals surface area contributed by atoms with Crippen molar-refractivity contribution in [3.05, 3.63) is 16.1 Å². The van der Waals surface area contributed by atoms with Gasteiger partial charge in [-0.3, -0.25) is 0 Å². The molecule has 0 aromatic carbocycles. The van der Waals surface area contributed by atoms with Gasteiger partial charge in [0.05, 0.1) is 16.5 Å². The maximum absolute atomic E-state index is 12.5. The summed E-state index contributed by atoms with van der Waals surface area (Å²) in [6.07, 6.45) is -5.86. The number of aromatic nitrogens is 1. The van der Waals surface area contributed by atoms with Crippen LogP contribution in [0.5, 0.6) is 0 Å². The molecule has 0 saturated heterocycles. The van der Waals surface area contributed by atoms with Crippen molar-refractivity contribution < 1.29 is 23.4 Å². The third-order valence-electron chi connectivity index (χ3n) is 2.78. The van der Waals surface area contributed by atoms with Gasteiger partial charge < -0.3 is 10.2 Å². The number of nitrogens with zero attached hydrogens (tertiary/aromatic N) is 1. The summed E-state index contributed by atoms with van der Waals surface area (Å²) in [6, 6.07) is 0. The van der Waals surface area contributed by atoms with Gasteiger partial charge in [-0.2, -0.15) is 17.5 Å². The smallest absolute Gasteiger partial charge is 0.364 e. The number of alkyl halides is 3. The van der Waals surface area contributed by atoms with Crippen LogP contribution in [0.1, 0.15) is 28.8 Å². The van der Waals surface area contributed by atoms with E-state index in [4.69, 9.17) is 10.2 Å². The Morgan fingerprint density at radius 2 is 2.06 bits per heavy atom. The van der Waals surface area contributed by atoms with Gasteiger partial charge in [0.25, 0.3) is 0 Å². The third-order valence-corrected chi connectivity index (χ3v) is 3.74. The fourth-order valence-electron chi connectivity index (χ4n) is 1.91. The molecule has 16 heavy (non-hydrogen) atoms. The molecule has 2 rings (SSSR count). The van der Waals surface area contributed by atoms with E-state index >= 15 is 0 Å². The molecular weight excluding hydrogens is 243 g/mol. The van der Waals surface area contributed by atoms with Crippen molar-refractivity contribution in [3.63, 3.8) is 0 Å². The van der Waals surface area contributed by atoms with E-state index in [9.17, 15) is 13.2 Å². The van der Waals surface area contributed by atoms with Crippen LogP contribution in [0.3, 0.4) is 0 Å². The molecule has 2 N–H and O–H groups in total. The van der Waals surface area contributed by atoms with Gasteiger partial charge in [0.2, 0.25) is 0 Å². The molecule has 0 aliphatic heterocycles. The molecule has 1 aliphatic carbocycles. The predicted octanol–water partition coefficient (Wildman–Crippen LogP) is 1.79. The minimum Gasteiger partial charge on any atom is -0.364 e. The Morgan fingerprint density at radius 3 is 2.62 bits per heavy atom. The Bertz CT molecular complexity index is 389. The lowest BCUT2D eigenvalue weighted by Crippen LogP contribution is -2.29. The van der Waals surface area contributed by atoms with Gasteiger partial charge in [0.1, 0.15) is 0 Å². The molecule has 1 atom stereocenters. The number of aliphatic hydroxyl groups excluding tert-OH is 1. The van der Waals surface area contributed by atoms with Crippen molar-refractivity contribution in [2.24, 2.45) is 5.92 Å². The van der Waals surface area contributed by atoms with E-state index in [1.807, 2.05) is 0 Å². The lowest BCUT2D eigenvalue weighted by atomic mass is 9.86. The number of hydrogen-bond donors (Lipinski definition) is 2. The number of halogens is 3. The van der Waals surface area contributed by atoms with E-state index < -0.39 is 18.4 Å². The molecule has 1 aliphatic rings. The Balaban J connectivity index is 2.28. The van der Waals surface area contributed by atoms with Crippen molar-refractivity contribution in [1.82, 2.24) is 4.37 Å². The number of aliphatic hydroxyl groups is 2. The topological polar surface area (TPSA) is 53.4 Å². The van der Waals surface area contributed by atoms with Crippen LogP contribution in [-0.2, 0) is 12.8 Å². The van der Waals surface area contributed by atoms with Crippen LogP contribution in [0.4, 0.5) is 13.2 Å². The van der Waals surface area contributed by atoms with Gasteiger partial charge >= 0.3 is 6.18 Å². The second-order valence-electron chi connectivity index (χ2n) is 3.83. The molecular formula is C9H10F3NO2S. The van der Waals surface area contributed by atoms with E-state index in [1.165, 1.54) is 0 Å². The first-order valence-corrected chi connectivity index (χ1v) is 5.57. The minimum atomic E-state index is -4.22. The molecule has 3 nitrogen and oxygen atoms in total. The average molecular weight is 253 g/mol. The van der Waals surface area contributed by atoms with Gasteiger partial charge in [-0.25, -0.2) is 0 Å². The average Bonchev–Trinajstić information content (AvgIpc) is 2.58. The number of hydrogen-bond acceptors (Lipinski definition) is 4. The molecule has 0 spiro atoms. The van der Waals surface area contributed by atoms with Crippen molar-refractivity contribution in [1.29, 1.82) is 0 Å². The second kappa shape index (κ2) is 3.97. The molecule has 0 saturated carbocycles. The van der Waals surface area contributed by atoms with Crippen molar-refractivity contribution in [2.75, 3.05) is 0 Å². The lowest BCUT2D eigenvalue weighted by Gasteiger charge is -2.24. The van der Waals surface area contributed by atoms with Crippen molar-refractivity contribution >= 4 is 11.5 Å². The molecule has 0 fully saturated rings. The highest BCUT2D eigenvalue weighted by Gasteiger charge is 2.42. The van der Waals surface area contributed by atoms with E-state index in [0.29, 0.717) is 11.3 Å². The molecule has 1 unspecified atom stereocenters. The summed E-state index contributed by atoms with van der Waals surface area (Å²) in [5, 5.41) is 18.0. The van der Waals surface area contributed by atoms with Crippen molar-refractivity contribution in [3.8, 4) is 0 Å². The number of fused-ring (bicyclic) bond motifs is 1. The van der Waals surface area contributed by atoms with Crippen LogP contribution >= 0.6 is 11.5 Å². The first-order chi connectivity index (χ1) is 7.39. The summed E-state index contributed by atoms with van der Waals surface area (Å²) in [7, 11) is 0. The molecule has 1 heterocycles. The van der Waals surface area contributed by atoms with Crippen molar-refractivity contribution in [2.45, 2.75) is 31.7 Å². The van der Waals surface area contributed by atoms with E-state index in [2.05, 4.69) is 4.37 Å². The molecule has 0 amide bonds. The zero-order valence-corrected chi connectivity index (χ0v) is 8.98. The van der Waals surface area contributed by atoms with Gasteiger partial charge in [-0.05, 0) is 36.4 Å². The van der Waals surface area contributed by atoms with E-state index in [-0.39, 0.29) is 24.1 Å². The van der Waals surface area contributed by atoms with E-state index in [1.54, 1.807) is 0 Å². The van der Waals surface area contributed by atoms with Crippen LogP contribution in [0.2, 0.25) is 0 Å². The normalized spacial score (nSPS) is 21.2. The van der Waals surface area contributed by atoms with Gasteiger partial charge in [-0.1, -0.05) is 0 Å². The van der Waals surface area contributed by atoms with Crippen LogP contribution in [0.15, 0.2) is 0 Å². The molecule has 0 radical (unpaired) electrons. The standard InChI is InChI=1S/C9H10F3NO2S/c10-9(11,12)4-1-2-6-5(3-4)7(8(14)15)16-13-6/h4,8,14-15H,1-3H2. The van der Waals surface area contributed by atoms with Gasteiger partial charge in [0.15, 0.2) is 6.29 Å². The molecule has 90 valence electrons. The van der Waals surface area contributed by atoms with Crippen LogP contribution < -0.4 is 0 Å². The SMILES string of the molecule is OC(O)c1snc2c1CC(C(F)(F)F)CC2. The predicted molar refractivity (Wildman–Crippen MR) is 50.9 cm³/mol. The summed E-state index contributed by atoms with van der Waals surface area (Å²) in [5.74, 6) is -1.39. The Hall–Kier alpha value is -0.660. The van der Waals surface area contributed by atoms with Gasteiger partial charge in [0, 0.05) is 0 Å². The third kappa shape index (κ3) is 2.07. The Labute approximate surface area is 93.7 Å². The van der Waals surface area contributed by atoms with E-state index in [0.717, 1.165) is 11.5 Å². The van der Waals surface area contributed by atoms with Gasteiger partial charge in [-0.15, -0.1) is 0 Å².